The summed E-state index contributed by atoms with van der Waals surface area (Å²) >= 11 is 0. The molecule has 216 valence electrons. The number of carbonyl (C=O) groups is 3. The first-order chi connectivity index (χ1) is 17.9. The molecule has 37 heavy (non-hydrogen) atoms. The van der Waals surface area contributed by atoms with Crippen LogP contribution in [0.25, 0.3) is 0 Å². The Bertz CT molecular complexity index is 660. The topological polar surface area (TPSA) is 140 Å². The monoisotopic (exact) mass is 548 g/mol. The number of nitrogens with one attached hydrogen (secondary N) is 2. The third-order valence-electron chi connectivity index (χ3n) is 5.47. The van der Waals surface area contributed by atoms with E-state index in [0.29, 0.717) is 12.8 Å². The van der Waals surface area contributed by atoms with Gasteiger partial charge in [-0.2, -0.15) is 0 Å². The van der Waals surface area contributed by atoms with Gasteiger partial charge in [-0.15, -0.1) is 0 Å². The van der Waals surface area contributed by atoms with Gasteiger partial charge in [-0.05, 0) is 32.1 Å². The van der Waals surface area contributed by atoms with E-state index in [2.05, 4.69) is 29.7 Å². The second-order valence-electron chi connectivity index (χ2n) is 8.89. The smallest absolute Gasteiger partial charge is 0.466 e. The molecule has 0 saturated carbocycles. The molecule has 0 spiro atoms. The molecule has 0 aromatic carbocycles. The van der Waals surface area contributed by atoms with Crippen molar-refractivity contribution in [3.05, 3.63) is 12.2 Å². The minimum absolute atomic E-state index is 0.0126. The summed E-state index contributed by atoms with van der Waals surface area (Å²) in [5, 5.41) is 4.58. The van der Waals surface area contributed by atoms with E-state index in [9.17, 15) is 23.8 Å². The summed E-state index contributed by atoms with van der Waals surface area (Å²) in [6.07, 6.45) is 21.2. The molecule has 0 bridgehead atoms. The fraction of sp³-hybridized carbons (Fsp3) is 0.808. The van der Waals surface area contributed by atoms with Crippen LogP contribution in [0.1, 0.15) is 103 Å². The van der Waals surface area contributed by atoms with Crippen molar-refractivity contribution in [1.29, 1.82) is 0 Å². The highest BCUT2D eigenvalue weighted by Gasteiger charge is 2.20. The number of phosphoric acid groups is 1. The summed E-state index contributed by atoms with van der Waals surface area (Å²) in [6.45, 7) is 1.81. The Balaban J connectivity index is 3.49. The van der Waals surface area contributed by atoms with E-state index in [0.717, 1.165) is 25.7 Å². The van der Waals surface area contributed by atoms with Gasteiger partial charge in [0, 0.05) is 19.4 Å². The Morgan fingerprint density at radius 2 is 1.41 bits per heavy atom. The van der Waals surface area contributed by atoms with E-state index in [1.54, 1.807) is 0 Å². The molecular formula is C26H49N2O8P. The Kier molecular flexibility index (Phi) is 24.7. The second kappa shape index (κ2) is 25.9. The van der Waals surface area contributed by atoms with Crippen molar-refractivity contribution in [2.24, 2.45) is 0 Å². The lowest BCUT2D eigenvalue weighted by Crippen LogP contribution is -2.35. The first-order valence-corrected chi connectivity index (χ1v) is 15.3. The van der Waals surface area contributed by atoms with E-state index < -0.39 is 13.7 Å². The van der Waals surface area contributed by atoms with Crippen LogP contribution in [0.3, 0.4) is 0 Å². The first-order valence-electron chi connectivity index (χ1n) is 13.8. The Morgan fingerprint density at radius 1 is 0.811 bits per heavy atom. The van der Waals surface area contributed by atoms with Crippen molar-refractivity contribution in [1.82, 2.24) is 10.6 Å². The Labute approximate surface area is 222 Å². The average molecular weight is 549 g/mol. The van der Waals surface area contributed by atoms with Crippen molar-refractivity contribution in [3.63, 3.8) is 0 Å². The molecule has 0 aromatic rings. The maximum absolute atomic E-state index is 11.8. The van der Waals surface area contributed by atoms with Gasteiger partial charge in [-0.25, -0.2) is 4.57 Å². The van der Waals surface area contributed by atoms with E-state index in [-0.39, 0.29) is 45.3 Å². The van der Waals surface area contributed by atoms with Crippen LogP contribution in [0.2, 0.25) is 0 Å². The molecule has 3 N–H and O–H groups in total. The van der Waals surface area contributed by atoms with Crippen molar-refractivity contribution < 1.29 is 37.6 Å². The van der Waals surface area contributed by atoms with Gasteiger partial charge in [0.1, 0.15) is 0 Å². The lowest BCUT2D eigenvalue weighted by Gasteiger charge is -2.12. The van der Waals surface area contributed by atoms with Crippen LogP contribution in [0.4, 0.5) is 0 Å². The molecule has 0 heterocycles. The molecule has 0 rings (SSSR count). The number of phosphoric ester groups is 1. The van der Waals surface area contributed by atoms with Gasteiger partial charge in [0.15, 0.2) is 0 Å². The van der Waals surface area contributed by atoms with E-state index in [1.165, 1.54) is 57.8 Å². The fourth-order valence-electron chi connectivity index (χ4n) is 3.42. The molecular weight excluding hydrogens is 499 g/mol. The zero-order chi connectivity index (χ0) is 27.5. The summed E-state index contributed by atoms with van der Waals surface area (Å²) in [7, 11) is -4.25. The molecule has 0 aromatic heterocycles. The first kappa shape index (κ1) is 35.3. The van der Waals surface area contributed by atoms with Crippen LogP contribution < -0.4 is 10.6 Å². The third kappa shape index (κ3) is 27.1. The number of amides is 2. The van der Waals surface area contributed by atoms with Gasteiger partial charge < -0.3 is 20.3 Å². The Hall–Kier alpha value is -1.74. The molecule has 0 aliphatic carbocycles. The number of hydrogen-bond acceptors (Lipinski definition) is 7. The van der Waals surface area contributed by atoms with Crippen LogP contribution in [-0.2, 0) is 32.7 Å². The van der Waals surface area contributed by atoms with Gasteiger partial charge in [0.2, 0.25) is 12.3 Å². The predicted octanol–water partition coefficient (Wildman–Crippen LogP) is 4.95. The highest BCUT2D eigenvalue weighted by molar-refractivity contribution is 7.47. The molecule has 0 aliphatic heterocycles. The van der Waals surface area contributed by atoms with Gasteiger partial charge in [0.25, 0.3) is 0 Å². The lowest BCUT2D eigenvalue weighted by atomic mass is 10.1. The molecule has 1 unspecified atom stereocenters. The number of esters is 1. The SMILES string of the molecule is CCCCCCCC/C=C\CCCCCCCC(=O)OCCCOP(=O)(O)OCCNC(=O)CNC=O. The molecule has 11 heteroatoms. The quantitative estimate of drug-likeness (QED) is 0.0430. The minimum atomic E-state index is -4.25. The van der Waals surface area contributed by atoms with E-state index in [4.69, 9.17) is 13.8 Å². The molecule has 1 atom stereocenters. The second-order valence-corrected chi connectivity index (χ2v) is 10.3. The standard InChI is InChI=1S/C26H49N2O8P/c1-2-3-4-5-6-7-8-9-10-11-12-13-14-15-16-18-26(31)34-20-17-21-35-37(32,33)36-22-19-28-25(30)23-27-24-29/h9-10,24H,2-8,11-23H2,1H3,(H,27,29)(H,28,30)(H,32,33)/b10-9-. The van der Waals surface area contributed by atoms with Crippen LogP contribution in [0.15, 0.2) is 12.2 Å². The number of ether oxygens (including phenoxy) is 1. The Morgan fingerprint density at radius 3 is 2.05 bits per heavy atom. The molecule has 0 aliphatic rings. The number of hydrogen-bond donors (Lipinski definition) is 3. The number of unbranched alkanes of at least 4 members (excludes halogenated alkanes) is 11. The average Bonchev–Trinajstić information content (AvgIpc) is 2.87. The van der Waals surface area contributed by atoms with Gasteiger partial charge >= 0.3 is 13.8 Å². The van der Waals surface area contributed by atoms with Crippen molar-refractivity contribution in [3.8, 4) is 0 Å². The summed E-state index contributed by atoms with van der Waals surface area (Å²) in [5.41, 5.74) is 0. The van der Waals surface area contributed by atoms with Crippen molar-refractivity contribution in [2.45, 2.75) is 103 Å². The van der Waals surface area contributed by atoms with Gasteiger partial charge in [-0.3, -0.25) is 23.4 Å². The summed E-state index contributed by atoms with van der Waals surface area (Å²) in [6, 6.07) is 0. The van der Waals surface area contributed by atoms with Crippen LogP contribution in [-0.4, -0.2) is 56.1 Å². The highest BCUT2D eigenvalue weighted by atomic mass is 31.2. The van der Waals surface area contributed by atoms with Crippen LogP contribution >= 0.6 is 7.82 Å². The molecule has 0 fully saturated rings. The number of allylic oxidation sites excluding steroid dienone is 2. The normalized spacial score (nSPS) is 12.8. The summed E-state index contributed by atoms with van der Waals surface area (Å²) < 4.78 is 26.4. The fourth-order valence-corrected chi connectivity index (χ4v) is 4.18. The maximum atomic E-state index is 11.8. The molecule has 0 saturated heterocycles. The van der Waals surface area contributed by atoms with Crippen LogP contribution in [0, 0.1) is 0 Å². The van der Waals surface area contributed by atoms with Crippen molar-refractivity contribution >= 4 is 26.1 Å². The largest absolute Gasteiger partial charge is 0.472 e. The lowest BCUT2D eigenvalue weighted by molar-refractivity contribution is -0.144. The summed E-state index contributed by atoms with van der Waals surface area (Å²) in [5.74, 6) is -0.728. The maximum Gasteiger partial charge on any atom is 0.472 e. The molecule has 2 amide bonds. The highest BCUT2D eigenvalue weighted by Crippen LogP contribution is 2.42. The van der Waals surface area contributed by atoms with E-state index in [1.807, 2.05) is 0 Å². The zero-order valence-corrected chi connectivity index (χ0v) is 23.5. The predicted molar refractivity (Wildman–Crippen MR) is 144 cm³/mol. The van der Waals surface area contributed by atoms with Gasteiger partial charge in [-0.1, -0.05) is 70.4 Å². The van der Waals surface area contributed by atoms with Gasteiger partial charge in [0.05, 0.1) is 26.4 Å². The third-order valence-corrected chi connectivity index (χ3v) is 6.49. The van der Waals surface area contributed by atoms with Crippen molar-refractivity contribution in [2.75, 3.05) is 32.9 Å². The zero-order valence-electron chi connectivity index (χ0n) is 22.6. The molecule has 10 nitrogen and oxygen atoms in total. The molecule has 0 radical (unpaired) electrons. The minimum Gasteiger partial charge on any atom is -0.466 e. The van der Waals surface area contributed by atoms with Crippen LogP contribution in [0.5, 0.6) is 0 Å². The van der Waals surface area contributed by atoms with E-state index >= 15 is 0 Å². The number of rotatable bonds is 27. The summed E-state index contributed by atoms with van der Waals surface area (Å²) in [4.78, 5) is 42.6. The number of carbonyl (C=O) groups excluding carboxylic acids is 3.